The molecule has 0 aliphatic carbocycles. The van der Waals surface area contributed by atoms with Gasteiger partial charge in [0, 0.05) is 21.9 Å². The van der Waals surface area contributed by atoms with Gasteiger partial charge in [0.2, 0.25) is 6.79 Å². The molecule has 0 bridgehead atoms. The van der Waals surface area contributed by atoms with Gasteiger partial charge < -0.3 is 14.4 Å². The second-order valence-electron chi connectivity index (χ2n) is 6.16. The van der Waals surface area contributed by atoms with Gasteiger partial charge >= 0.3 is 0 Å². The van der Waals surface area contributed by atoms with Gasteiger partial charge in [0.05, 0.1) is 11.1 Å². The number of benzene rings is 1. The van der Waals surface area contributed by atoms with E-state index in [0.717, 1.165) is 6.42 Å². The summed E-state index contributed by atoms with van der Waals surface area (Å²) in [6, 6.07) is 9.60. The van der Waals surface area contributed by atoms with Gasteiger partial charge in [-0.25, -0.2) is 0 Å². The fourth-order valence-electron chi connectivity index (χ4n) is 3.55. The fraction of sp³-hybridized carbons (Fsp3) is 0.211. The first-order valence-electron chi connectivity index (χ1n) is 8.22. The van der Waals surface area contributed by atoms with Crippen molar-refractivity contribution in [3.05, 3.63) is 67.0 Å². The summed E-state index contributed by atoms with van der Waals surface area (Å²) in [5, 5.41) is 4.57. The topological polar surface area (TPSA) is 38.8 Å². The number of ether oxygens (including phenoxy) is 2. The Morgan fingerprint density at radius 2 is 2.12 bits per heavy atom. The van der Waals surface area contributed by atoms with E-state index in [4.69, 9.17) is 21.1 Å². The molecule has 0 saturated heterocycles. The number of carbonyl (C=O) groups excluding carboxylic acids is 1. The van der Waals surface area contributed by atoms with Gasteiger partial charge in [-0.05, 0) is 47.0 Å². The molecule has 0 N–H and O–H groups in total. The van der Waals surface area contributed by atoms with Crippen LogP contribution in [0, 0.1) is 0 Å². The summed E-state index contributed by atoms with van der Waals surface area (Å²) in [6.07, 6.45) is 0.874. The second-order valence-corrected chi connectivity index (χ2v) is 8.54. The Bertz CT molecular complexity index is 983. The van der Waals surface area contributed by atoms with Crippen molar-refractivity contribution in [1.82, 2.24) is 4.90 Å². The number of amides is 1. The molecule has 1 atom stereocenters. The Morgan fingerprint density at radius 1 is 1.19 bits per heavy atom. The van der Waals surface area contributed by atoms with Crippen LogP contribution in [0.3, 0.4) is 0 Å². The van der Waals surface area contributed by atoms with Crippen molar-refractivity contribution in [2.45, 2.75) is 12.5 Å². The van der Waals surface area contributed by atoms with Crippen LogP contribution in [0.5, 0.6) is 11.5 Å². The molecule has 5 rings (SSSR count). The molecule has 1 amide bonds. The molecule has 132 valence electrons. The molecule has 1 unspecified atom stereocenters. The van der Waals surface area contributed by atoms with Crippen molar-refractivity contribution in [3.8, 4) is 11.5 Å². The molecule has 0 saturated carbocycles. The maximum absolute atomic E-state index is 13.4. The summed E-state index contributed by atoms with van der Waals surface area (Å²) in [7, 11) is 0. The first kappa shape index (κ1) is 16.2. The van der Waals surface area contributed by atoms with E-state index in [1.165, 1.54) is 15.3 Å². The Kier molecular flexibility index (Phi) is 3.92. The summed E-state index contributed by atoms with van der Waals surface area (Å²) in [5.41, 5.74) is 1.75. The standard InChI is InChI=1S/C19H14ClNO3S2/c20-13-8-11(9-14-18(13)24-10-23-14)19(22)21-5-3-15-12(4-7-26-15)17(21)16-2-1-6-25-16/h1-2,4,6-9,17H,3,5,10H2. The lowest BCUT2D eigenvalue weighted by Gasteiger charge is -2.35. The highest BCUT2D eigenvalue weighted by molar-refractivity contribution is 7.10. The lowest BCUT2D eigenvalue weighted by Crippen LogP contribution is -2.39. The average Bonchev–Trinajstić information content (AvgIpc) is 3.39. The molecule has 2 aromatic heterocycles. The van der Waals surface area contributed by atoms with Crippen molar-refractivity contribution >= 4 is 40.2 Å². The monoisotopic (exact) mass is 403 g/mol. The number of carbonyl (C=O) groups is 1. The van der Waals surface area contributed by atoms with Crippen molar-refractivity contribution in [2.75, 3.05) is 13.3 Å². The molecule has 26 heavy (non-hydrogen) atoms. The van der Waals surface area contributed by atoms with Gasteiger partial charge in [-0.15, -0.1) is 22.7 Å². The number of thiophene rings is 2. The Hall–Kier alpha value is -2.02. The van der Waals surface area contributed by atoms with E-state index in [0.29, 0.717) is 28.6 Å². The zero-order valence-corrected chi connectivity index (χ0v) is 16.0. The smallest absolute Gasteiger partial charge is 0.254 e. The summed E-state index contributed by atoms with van der Waals surface area (Å²) in [6.45, 7) is 0.813. The van der Waals surface area contributed by atoms with E-state index in [-0.39, 0.29) is 18.7 Å². The average molecular weight is 404 g/mol. The highest BCUT2D eigenvalue weighted by atomic mass is 35.5. The second kappa shape index (κ2) is 6.30. The molecule has 4 heterocycles. The Labute approximate surface area is 163 Å². The third-order valence-electron chi connectivity index (χ3n) is 4.71. The number of hydrogen-bond acceptors (Lipinski definition) is 5. The molecule has 1 aromatic carbocycles. The van der Waals surface area contributed by atoms with Crippen LogP contribution in [0.4, 0.5) is 0 Å². The van der Waals surface area contributed by atoms with Crippen LogP contribution in [0.15, 0.2) is 41.1 Å². The van der Waals surface area contributed by atoms with E-state index in [1.807, 2.05) is 11.0 Å². The van der Waals surface area contributed by atoms with Gasteiger partial charge in [-0.1, -0.05) is 17.7 Å². The van der Waals surface area contributed by atoms with Gasteiger partial charge in [0.25, 0.3) is 5.91 Å². The zero-order chi connectivity index (χ0) is 17.7. The number of rotatable bonds is 2. The van der Waals surface area contributed by atoms with E-state index in [2.05, 4.69) is 22.9 Å². The number of fused-ring (bicyclic) bond motifs is 2. The third-order valence-corrected chi connectivity index (χ3v) is 6.92. The van der Waals surface area contributed by atoms with Gasteiger partial charge in [-0.2, -0.15) is 0 Å². The summed E-state index contributed by atoms with van der Waals surface area (Å²) >= 11 is 9.73. The Balaban J connectivity index is 1.56. The highest BCUT2D eigenvalue weighted by Gasteiger charge is 2.34. The van der Waals surface area contributed by atoms with Crippen molar-refractivity contribution in [1.29, 1.82) is 0 Å². The maximum atomic E-state index is 13.4. The van der Waals surface area contributed by atoms with Crippen LogP contribution < -0.4 is 9.47 Å². The van der Waals surface area contributed by atoms with Crippen LogP contribution in [-0.4, -0.2) is 24.1 Å². The van der Waals surface area contributed by atoms with Crippen LogP contribution in [0.2, 0.25) is 5.02 Å². The highest BCUT2D eigenvalue weighted by Crippen LogP contribution is 2.43. The molecular formula is C19H14ClNO3S2. The molecule has 0 fully saturated rings. The molecular weight excluding hydrogens is 390 g/mol. The third kappa shape index (κ3) is 2.52. The molecule has 7 heteroatoms. The largest absolute Gasteiger partial charge is 0.454 e. The molecule has 0 radical (unpaired) electrons. The van der Waals surface area contributed by atoms with Gasteiger partial charge in [0.15, 0.2) is 11.5 Å². The first-order valence-corrected chi connectivity index (χ1v) is 10.4. The molecule has 3 aromatic rings. The molecule has 2 aliphatic heterocycles. The SMILES string of the molecule is O=C(c1cc(Cl)c2c(c1)OCO2)N1CCc2sccc2C1c1cccs1. The van der Waals surface area contributed by atoms with E-state index in [1.54, 1.807) is 34.8 Å². The summed E-state index contributed by atoms with van der Waals surface area (Å²) in [4.78, 5) is 17.8. The predicted molar refractivity (Wildman–Crippen MR) is 103 cm³/mol. The van der Waals surface area contributed by atoms with Gasteiger partial charge in [-0.3, -0.25) is 4.79 Å². The lowest BCUT2D eigenvalue weighted by atomic mass is 9.97. The quantitative estimate of drug-likeness (QED) is 0.605. The normalized spacial score (nSPS) is 18.0. The van der Waals surface area contributed by atoms with Crippen molar-refractivity contribution in [3.63, 3.8) is 0 Å². The van der Waals surface area contributed by atoms with E-state index < -0.39 is 0 Å². The minimum atomic E-state index is -0.0540. The minimum Gasteiger partial charge on any atom is -0.454 e. The van der Waals surface area contributed by atoms with Crippen LogP contribution in [-0.2, 0) is 6.42 Å². The zero-order valence-electron chi connectivity index (χ0n) is 13.6. The number of hydrogen-bond donors (Lipinski definition) is 0. The van der Waals surface area contributed by atoms with Crippen molar-refractivity contribution in [2.24, 2.45) is 0 Å². The van der Waals surface area contributed by atoms with Crippen LogP contribution >= 0.6 is 34.3 Å². The maximum Gasteiger partial charge on any atom is 0.254 e. The molecule has 2 aliphatic rings. The summed E-state index contributed by atoms with van der Waals surface area (Å²) in [5.74, 6) is 0.999. The number of halogens is 1. The molecule has 0 spiro atoms. The molecule has 4 nitrogen and oxygen atoms in total. The minimum absolute atomic E-state index is 0.0412. The van der Waals surface area contributed by atoms with Crippen LogP contribution in [0.1, 0.15) is 31.7 Å². The lowest BCUT2D eigenvalue weighted by molar-refractivity contribution is 0.0698. The predicted octanol–water partition coefficient (Wildman–Crippen LogP) is 4.98. The van der Waals surface area contributed by atoms with Gasteiger partial charge in [0.1, 0.15) is 0 Å². The fourth-order valence-corrected chi connectivity index (χ4v) is 5.57. The first-order chi connectivity index (χ1) is 12.7. The van der Waals surface area contributed by atoms with Crippen molar-refractivity contribution < 1.29 is 14.3 Å². The van der Waals surface area contributed by atoms with E-state index in [9.17, 15) is 4.79 Å². The van der Waals surface area contributed by atoms with Crippen LogP contribution in [0.25, 0.3) is 0 Å². The Morgan fingerprint density at radius 3 is 2.96 bits per heavy atom. The van der Waals surface area contributed by atoms with E-state index >= 15 is 0 Å². The number of nitrogens with zero attached hydrogens (tertiary/aromatic N) is 1. The summed E-state index contributed by atoms with van der Waals surface area (Å²) < 4.78 is 10.8.